The highest BCUT2D eigenvalue weighted by atomic mass is 16.5. The molecule has 0 saturated carbocycles. The fraction of sp³-hybridized carbons (Fsp3) is 0.304. The normalized spacial score (nSPS) is 14.2. The Kier molecular flexibility index (Phi) is 11.7. The molecule has 0 aliphatic carbocycles. The Morgan fingerprint density at radius 2 is 0.966 bits per heavy atom. The van der Waals surface area contributed by atoms with Crippen molar-refractivity contribution in [1.82, 2.24) is 4.57 Å². The van der Waals surface area contributed by atoms with Crippen molar-refractivity contribution in [2.75, 3.05) is 9.80 Å². The van der Waals surface area contributed by atoms with Gasteiger partial charge < -0.3 is 23.7 Å². The number of furan rings is 1. The number of fused-ring (bicyclic) bond motifs is 12. The number of hydrogen-bond acceptors (Lipinski definition) is 5. The maximum atomic E-state index is 7.47. The average Bonchev–Trinajstić information content (AvgIpc) is 1.25. The zero-order chi connectivity index (χ0) is 61.0. The van der Waals surface area contributed by atoms with Gasteiger partial charge in [-0.25, -0.2) is 4.57 Å². The Labute approximate surface area is 514 Å². The van der Waals surface area contributed by atoms with Crippen LogP contribution in [-0.2, 0) is 28.7 Å². The van der Waals surface area contributed by atoms with E-state index in [2.05, 4.69) is 289 Å². The van der Waals surface area contributed by atoms with Crippen LogP contribution in [0.5, 0.6) is 23.0 Å². The topological polar surface area (TPSA) is 46.9 Å². The molecule has 15 rings (SSSR count). The van der Waals surface area contributed by atoms with Crippen LogP contribution < -0.4 is 40.2 Å². The summed E-state index contributed by atoms with van der Waals surface area (Å²) in [6.45, 7) is 39.0. The lowest BCUT2D eigenvalue weighted by molar-refractivity contribution is -0.633. The second-order valence-corrected chi connectivity index (χ2v) is 30.2. The first kappa shape index (κ1) is 55.1. The molecule has 87 heavy (non-hydrogen) atoms. The predicted molar refractivity (Wildman–Crippen MR) is 364 cm³/mol. The lowest BCUT2D eigenvalue weighted by Gasteiger charge is -2.48. The highest BCUT2D eigenvalue weighted by molar-refractivity contribution is 7.00. The molecule has 436 valence electrons. The molecule has 9 aromatic carbocycles. The molecule has 0 radical (unpaired) electrons. The van der Waals surface area contributed by atoms with E-state index in [9.17, 15) is 0 Å². The quantitative estimate of drug-likeness (QED) is 0.127. The van der Waals surface area contributed by atoms with E-state index in [1.54, 1.807) is 0 Å². The van der Waals surface area contributed by atoms with Gasteiger partial charge in [0, 0.05) is 33.3 Å². The zero-order valence-corrected chi connectivity index (χ0v) is 54.1. The maximum absolute atomic E-state index is 7.47. The summed E-state index contributed by atoms with van der Waals surface area (Å²) in [5.74, 6) is 5.19. The molecule has 6 heterocycles. The van der Waals surface area contributed by atoms with Gasteiger partial charge in [-0.05, 0) is 169 Å². The van der Waals surface area contributed by atoms with Crippen molar-refractivity contribution in [3.8, 4) is 51.2 Å². The summed E-state index contributed by atoms with van der Waals surface area (Å²) in [4.78, 5) is 5.08. The molecule has 8 heteroatoms. The SMILES string of the molecule is Cc1ccc2c(oc3cc(-c4cc5c6c(c4)N4c7ccc(C(C)(C)C)cc7Oc7cc(C(C)(C)C)cc(c74)B6c4cc(C(C)(C)C)cc6c4N5c4ccc(C(C)(C)C)cc4O6)ccc32)c1-c1n(-c2c(C(C)C)cccc2C(C)C)c2ccccc2[n+]1C. The smallest absolute Gasteiger partial charge is 0.299 e. The van der Waals surface area contributed by atoms with Crippen molar-refractivity contribution in [2.24, 2.45) is 7.05 Å². The van der Waals surface area contributed by atoms with Crippen molar-refractivity contribution in [3.05, 3.63) is 185 Å². The van der Waals surface area contributed by atoms with Crippen LogP contribution >= 0.6 is 0 Å². The van der Waals surface area contributed by atoms with Crippen LogP contribution in [-0.4, -0.2) is 11.3 Å². The van der Waals surface area contributed by atoms with Gasteiger partial charge >= 0.3 is 0 Å². The van der Waals surface area contributed by atoms with Crippen molar-refractivity contribution in [2.45, 2.75) is 151 Å². The third-order valence-corrected chi connectivity index (χ3v) is 19.5. The minimum Gasteiger partial charge on any atom is -0.455 e. The summed E-state index contributed by atoms with van der Waals surface area (Å²) in [7, 11) is 2.22. The van der Waals surface area contributed by atoms with E-state index in [1.807, 2.05) is 0 Å². The van der Waals surface area contributed by atoms with E-state index >= 15 is 0 Å². The van der Waals surface area contributed by atoms with E-state index in [0.29, 0.717) is 11.8 Å². The summed E-state index contributed by atoms with van der Waals surface area (Å²) >= 11 is 0. The predicted octanol–water partition coefficient (Wildman–Crippen LogP) is 19.7. The number of rotatable bonds is 5. The lowest BCUT2D eigenvalue weighted by Crippen LogP contribution is -2.62. The van der Waals surface area contributed by atoms with E-state index in [1.165, 1.54) is 61.0 Å². The number of para-hydroxylation sites is 3. The van der Waals surface area contributed by atoms with Gasteiger partial charge in [0.2, 0.25) is 0 Å². The Balaban J connectivity index is 1.01. The third-order valence-electron chi connectivity index (χ3n) is 19.5. The number of nitrogens with zero attached hydrogens (tertiary/aromatic N) is 4. The minimum atomic E-state index is -0.165. The summed E-state index contributed by atoms with van der Waals surface area (Å²) in [6.07, 6.45) is 0. The number of ether oxygens (including phenoxy) is 2. The number of benzene rings is 9. The van der Waals surface area contributed by atoms with Gasteiger partial charge in [-0.2, -0.15) is 4.57 Å². The molecular formula is C79H80BN4O3+. The van der Waals surface area contributed by atoms with Crippen LogP contribution in [0.2, 0.25) is 0 Å². The molecule has 0 spiro atoms. The Morgan fingerprint density at radius 1 is 0.460 bits per heavy atom. The van der Waals surface area contributed by atoms with Crippen LogP contribution in [0.1, 0.15) is 162 Å². The first-order valence-electron chi connectivity index (χ1n) is 31.5. The van der Waals surface area contributed by atoms with Crippen LogP contribution in [0, 0.1) is 6.92 Å². The largest absolute Gasteiger partial charge is 0.455 e. The molecule has 4 aliphatic rings. The Hall–Kier alpha value is -8.49. The van der Waals surface area contributed by atoms with E-state index < -0.39 is 0 Å². The molecule has 0 amide bonds. The van der Waals surface area contributed by atoms with Gasteiger partial charge in [0.25, 0.3) is 12.5 Å². The molecular weight excluding hydrogens is 1060 g/mol. The van der Waals surface area contributed by atoms with Gasteiger partial charge in [-0.3, -0.25) is 0 Å². The first-order valence-corrected chi connectivity index (χ1v) is 31.5. The van der Waals surface area contributed by atoms with Crippen LogP contribution in [0.3, 0.4) is 0 Å². The molecule has 0 atom stereocenters. The van der Waals surface area contributed by atoms with Crippen LogP contribution in [0.4, 0.5) is 34.1 Å². The van der Waals surface area contributed by atoms with Gasteiger partial charge in [0.05, 0.1) is 29.8 Å². The monoisotopic (exact) mass is 1140 g/mol. The van der Waals surface area contributed by atoms with Crippen LogP contribution in [0.15, 0.2) is 150 Å². The van der Waals surface area contributed by atoms with Gasteiger partial charge in [0.15, 0.2) is 39.6 Å². The van der Waals surface area contributed by atoms with Crippen molar-refractivity contribution in [3.63, 3.8) is 0 Å². The van der Waals surface area contributed by atoms with Crippen molar-refractivity contribution >= 4 is 90.2 Å². The molecule has 0 unspecified atom stereocenters. The van der Waals surface area contributed by atoms with Crippen LogP contribution in [0.25, 0.3) is 61.2 Å². The van der Waals surface area contributed by atoms with Gasteiger partial charge in [-0.1, -0.05) is 184 Å². The minimum absolute atomic E-state index is 0.0900. The standard InChI is InChI=1S/C79H80BN4O3/c1-43(2)52-22-21-23-53(44(3)4)71(52)84-59-25-20-19-24-58(59)81(18)75(84)69-45(5)26-30-55-54-31-27-46(36-64(54)87-74(55)69)47-34-62-70-63(35-47)83-61-33-29-49(77(9,10)11)40-66(61)86-68-42-51(79(15,16)17)38-57(73(68)83)80(70)56-37-50(78(12,13)14)41-67-72(56)82(62)60-32-28-48(76(6,7)8)39-65(60)85-67/h19-44H,1-18H3/q+1. The number of aromatic nitrogens is 2. The molecule has 4 aliphatic heterocycles. The molecule has 0 saturated heterocycles. The third kappa shape index (κ3) is 8.18. The fourth-order valence-corrected chi connectivity index (χ4v) is 14.6. The van der Waals surface area contributed by atoms with E-state index in [4.69, 9.17) is 13.9 Å². The van der Waals surface area contributed by atoms with E-state index in [0.717, 1.165) is 113 Å². The Bertz CT molecular complexity index is 4600. The highest BCUT2D eigenvalue weighted by Crippen LogP contribution is 2.59. The number of aryl methyl sites for hydroxylation is 2. The van der Waals surface area contributed by atoms with Crippen molar-refractivity contribution in [1.29, 1.82) is 0 Å². The summed E-state index contributed by atoms with van der Waals surface area (Å²) in [5, 5.41) is 2.18. The zero-order valence-electron chi connectivity index (χ0n) is 54.1. The molecule has 0 N–H and O–H groups in total. The number of imidazole rings is 1. The van der Waals surface area contributed by atoms with Crippen molar-refractivity contribution < 1.29 is 18.5 Å². The summed E-state index contributed by atoms with van der Waals surface area (Å²) in [5.41, 5.74) is 27.0. The number of anilines is 6. The molecule has 0 fully saturated rings. The maximum Gasteiger partial charge on any atom is 0.299 e. The summed E-state index contributed by atoms with van der Waals surface area (Å²) in [6, 6.07) is 55.5. The summed E-state index contributed by atoms with van der Waals surface area (Å²) < 4.78 is 27.0. The molecule has 7 nitrogen and oxygen atoms in total. The second kappa shape index (κ2) is 18.5. The van der Waals surface area contributed by atoms with Gasteiger partial charge in [0.1, 0.15) is 16.8 Å². The molecule has 11 aromatic rings. The molecule has 0 bridgehead atoms. The lowest BCUT2D eigenvalue weighted by atomic mass is 9.33. The second-order valence-electron chi connectivity index (χ2n) is 30.2. The van der Waals surface area contributed by atoms with E-state index in [-0.39, 0.29) is 28.4 Å². The average molecular weight is 1140 g/mol. The van der Waals surface area contributed by atoms with Gasteiger partial charge in [-0.15, -0.1) is 0 Å². The fourth-order valence-electron chi connectivity index (χ4n) is 14.6. The highest BCUT2D eigenvalue weighted by Gasteiger charge is 2.50. The Morgan fingerprint density at radius 3 is 1.48 bits per heavy atom. The number of hydrogen-bond donors (Lipinski definition) is 0. The molecule has 2 aromatic heterocycles. The first-order chi connectivity index (χ1) is 41.1.